The molecule has 0 N–H and O–H groups in total. The Balaban J connectivity index is 0.000000125. The summed E-state index contributed by atoms with van der Waals surface area (Å²) in [6.45, 7) is 0. The van der Waals surface area contributed by atoms with Crippen LogP contribution in [0.1, 0.15) is 23.1 Å². The Hall–Kier alpha value is -5.36. The molecule has 0 saturated carbocycles. The molecule has 0 atom stereocenters. The van der Waals surface area contributed by atoms with E-state index in [1.54, 1.807) is 0 Å². The SMILES string of the molecule is [C-]1=C(c2cc(-c3ccccc3)cc(-c3ccccc3)c2)C=CC1.[Zr+2]=[C](c1ccccc1)c1ccccc1.c1ccc2c(c1)[cH-]c1ccccc12. The molecule has 236 valence electrons. The summed E-state index contributed by atoms with van der Waals surface area (Å²) in [6, 6.07) is 68.3. The summed E-state index contributed by atoms with van der Waals surface area (Å²) in [5, 5.41) is 5.39. The Morgan fingerprint density at radius 3 is 1.28 bits per heavy atom. The Morgan fingerprint density at radius 2 is 0.840 bits per heavy atom. The fourth-order valence-corrected chi connectivity index (χ4v) is 7.08. The first kappa shape index (κ1) is 33.2. The molecular weight excluding hydrogens is 680 g/mol. The van der Waals surface area contributed by atoms with Crippen molar-refractivity contribution in [2.24, 2.45) is 0 Å². The van der Waals surface area contributed by atoms with Gasteiger partial charge in [-0.1, -0.05) is 103 Å². The van der Waals surface area contributed by atoms with Crippen LogP contribution in [0.4, 0.5) is 0 Å². The van der Waals surface area contributed by atoms with E-state index in [0.717, 1.165) is 6.42 Å². The van der Waals surface area contributed by atoms with Gasteiger partial charge in [0.05, 0.1) is 0 Å². The van der Waals surface area contributed by atoms with Crippen molar-refractivity contribution in [2.45, 2.75) is 6.42 Å². The van der Waals surface area contributed by atoms with Gasteiger partial charge in [-0.3, -0.25) is 0 Å². The fraction of sp³-hybridized carbons (Fsp3) is 0.0204. The molecule has 0 heterocycles. The Labute approximate surface area is 310 Å². The standard InChI is InChI=1S/C23H17.C13H9.C13H10.Zr/c1-3-9-18(10-4-1)21-15-22(19-11-5-2-6-12-19)17-23(16-21)20-13-7-8-14-20;1-3-7-12-10(5-1)9-11-6-2-4-8-13(11)12;1-3-7-12(8-4-1)11-13-9-5-2-6-10-13;/h1-7,9-13,15-17H,8H2;1-9H;1-10H;/q2*-1;;+2. The number of benzene rings is 7. The largest absolute Gasteiger partial charge is 0.126 e. The van der Waals surface area contributed by atoms with Crippen LogP contribution < -0.4 is 0 Å². The van der Waals surface area contributed by atoms with E-state index in [1.807, 2.05) is 0 Å². The summed E-state index contributed by atoms with van der Waals surface area (Å²) in [5.74, 6) is 0. The fourth-order valence-electron chi connectivity index (χ4n) is 6.26. The van der Waals surface area contributed by atoms with Crippen LogP contribution in [0.25, 0.3) is 49.4 Å². The molecule has 0 saturated heterocycles. The minimum Gasteiger partial charge on any atom is -0.126 e. The van der Waals surface area contributed by atoms with Crippen LogP contribution >= 0.6 is 0 Å². The molecule has 50 heavy (non-hydrogen) atoms. The van der Waals surface area contributed by atoms with E-state index in [1.165, 1.54) is 93.5 Å². The van der Waals surface area contributed by atoms with Crippen molar-refractivity contribution in [3.63, 3.8) is 0 Å². The van der Waals surface area contributed by atoms with E-state index in [-0.39, 0.29) is 0 Å². The van der Waals surface area contributed by atoms with Crippen molar-refractivity contribution >= 4 is 30.3 Å². The third kappa shape index (κ3) is 8.08. The summed E-state index contributed by atoms with van der Waals surface area (Å²) in [5.41, 5.74) is 10.1. The minimum atomic E-state index is 0.908. The van der Waals surface area contributed by atoms with Crippen LogP contribution in [0, 0.1) is 6.08 Å². The van der Waals surface area contributed by atoms with E-state index in [0.29, 0.717) is 0 Å². The molecule has 0 unspecified atom stereocenters. The third-order valence-corrected chi connectivity index (χ3v) is 10.2. The van der Waals surface area contributed by atoms with Crippen LogP contribution in [0.3, 0.4) is 0 Å². The average molecular weight is 716 g/mol. The number of rotatable bonds is 5. The van der Waals surface area contributed by atoms with Gasteiger partial charge in [0.2, 0.25) is 0 Å². The van der Waals surface area contributed by atoms with Crippen molar-refractivity contribution in [1.82, 2.24) is 0 Å². The molecular formula is C49H36Zr. The van der Waals surface area contributed by atoms with Crippen LogP contribution in [0.2, 0.25) is 0 Å². The van der Waals surface area contributed by atoms with E-state index >= 15 is 0 Å². The third-order valence-electron chi connectivity index (χ3n) is 8.80. The van der Waals surface area contributed by atoms with Gasteiger partial charge < -0.3 is 0 Å². The van der Waals surface area contributed by atoms with Gasteiger partial charge in [-0.15, -0.1) is 63.5 Å². The topological polar surface area (TPSA) is 0 Å². The van der Waals surface area contributed by atoms with Crippen LogP contribution in [0.5, 0.6) is 0 Å². The molecule has 1 aliphatic rings. The Kier molecular flexibility index (Phi) is 10.9. The zero-order chi connectivity index (χ0) is 34.0. The van der Waals surface area contributed by atoms with E-state index < -0.39 is 0 Å². The van der Waals surface area contributed by atoms with E-state index in [9.17, 15) is 0 Å². The smallest absolute Gasteiger partial charge is 0.0771 e. The molecule has 0 bridgehead atoms. The summed E-state index contributed by atoms with van der Waals surface area (Å²) in [4.78, 5) is 0. The molecule has 8 aromatic carbocycles. The second-order valence-corrected chi connectivity index (χ2v) is 13.4. The summed E-state index contributed by atoms with van der Waals surface area (Å²) in [7, 11) is 0. The van der Waals surface area contributed by atoms with Crippen molar-refractivity contribution in [3.05, 3.63) is 229 Å². The van der Waals surface area contributed by atoms with E-state index in [2.05, 4.69) is 212 Å². The molecule has 1 heteroatoms. The molecule has 0 nitrogen and oxygen atoms in total. The van der Waals surface area contributed by atoms with Gasteiger partial charge in [-0.05, 0) is 28.3 Å². The van der Waals surface area contributed by atoms with Crippen LogP contribution in [0.15, 0.2) is 206 Å². The summed E-state index contributed by atoms with van der Waals surface area (Å²) < 4.78 is 1.42. The second-order valence-electron chi connectivity index (χ2n) is 12.2. The van der Waals surface area contributed by atoms with E-state index in [4.69, 9.17) is 0 Å². The molecule has 0 amide bonds. The molecule has 1 aliphatic carbocycles. The van der Waals surface area contributed by atoms with Crippen molar-refractivity contribution in [2.75, 3.05) is 0 Å². The molecule has 9 rings (SSSR count). The number of hydrogen-bond donors (Lipinski definition) is 0. The Bertz CT molecular complexity index is 2230. The first-order valence-electron chi connectivity index (χ1n) is 17.0. The first-order chi connectivity index (χ1) is 24.7. The predicted octanol–water partition coefficient (Wildman–Crippen LogP) is 12.7. The quantitative estimate of drug-likeness (QED) is 0.156. The minimum absolute atomic E-state index is 0.908. The van der Waals surface area contributed by atoms with Crippen molar-refractivity contribution < 1.29 is 24.2 Å². The van der Waals surface area contributed by atoms with Gasteiger partial charge in [-0.25, -0.2) is 0 Å². The average Bonchev–Trinajstić information content (AvgIpc) is 3.89. The van der Waals surface area contributed by atoms with Gasteiger partial charge in [0.25, 0.3) is 0 Å². The number of fused-ring (bicyclic) bond motifs is 3. The second kappa shape index (κ2) is 16.4. The summed E-state index contributed by atoms with van der Waals surface area (Å²) in [6.07, 6.45) is 8.67. The van der Waals surface area contributed by atoms with Crippen molar-refractivity contribution in [1.29, 1.82) is 0 Å². The predicted molar refractivity (Wildman–Crippen MR) is 211 cm³/mol. The van der Waals surface area contributed by atoms with Gasteiger partial charge in [0.1, 0.15) is 0 Å². The summed E-state index contributed by atoms with van der Waals surface area (Å²) >= 11 is 1.46. The van der Waals surface area contributed by atoms with Gasteiger partial charge >= 0.3 is 99.2 Å². The van der Waals surface area contributed by atoms with Crippen LogP contribution in [-0.2, 0) is 24.2 Å². The maximum atomic E-state index is 3.44. The first-order valence-corrected chi connectivity index (χ1v) is 18.2. The molecule has 8 aromatic rings. The number of allylic oxidation sites excluding steroid dienone is 4. The number of hydrogen-bond acceptors (Lipinski definition) is 0. The molecule has 0 aliphatic heterocycles. The Morgan fingerprint density at radius 1 is 0.440 bits per heavy atom. The van der Waals surface area contributed by atoms with Crippen LogP contribution in [-0.4, -0.2) is 3.21 Å². The monoisotopic (exact) mass is 714 g/mol. The zero-order valence-electron chi connectivity index (χ0n) is 27.8. The zero-order valence-corrected chi connectivity index (χ0v) is 30.3. The maximum absolute atomic E-state index is 3.44. The molecule has 0 aromatic heterocycles. The molecule has 0 radical (unpaired) electrons. The van der Waals surface area contributed by atoms with Gasteiger partial charge in [-0.2, -0.15) is 17.7 Å². The molecule has 0 fully saturated rings. The van der Waals surface area contributed by atoms with Crippen molar-refractivity contribution in [3.8, 4) is 22.3 Å². The molecule has 0 spiro atoms. The maximum Gasteiger partial charge on any atom is -0.0771 e. The van der Waals surface area contributed by atoms with Gasteiger partial charge in [0.15, 0.2) is 0 Å². The normalized spacial score (nSPS) is 11.7. The van der Waals surface area contributed by atoms with Gasteiger partial charge in [0, 0.05) is 0 Å².